The van der Waals surface area contributed by atoms with E-state index in [1.165, 1.54) is 59.4 Å². The standard InChI is InChI=1S/C43H58N4O12/c1-21-12-11-13-22(2)42(55)45-33-28(20-44-47-17-15-46(9)16-18-47)37(52)30-31(38(33)53)36(51)26(6)40-32(30)41(54)43(8,59-40)57-19-14-29(56-10)23(3)35(50)25(5)39(58-27(7)48)24(4)34(21)49/h11-14,19-21,23-25,29,34-35,39,49-53H,15-18H2,1-10H3,(H,45,55)/b12-11-,19-14-,22-13-,44-20+/t21-,23+,24+,25-,29-,34-,35+,39+,43-/m0/s1. The number of amides is 1. The molecule has 4 aliphatic heterocycles. The lowest BCUT2D eigenvalue weighted by atomic mass is 9.78. The molecule has 322 valence electrons. The van der Waals surface area contributed by atoms with Crippen molar-refractivity contribution >= 4 is 40.3 Å². The lowest BCUT2D eigenvalue weighted by Crippen LogP contribution is -2.46. The summed E-state index contributed by atoms with van der Waals surface area (Å²) in [4.78, 5) is 42.6. The van der Waals surface area contributed by atoms with Gasteiger partial charge >= 0.3 is 11.8 Å². The zero-order chi connectivity index (χ0) is 43.7. The molecule has 6 rings (SSSR count). The fraction of sp³-hybridized carbons (Fsp3) is 0.535. The van der Waals surface area contributed by atoms with E-state index >= 15 is 0 Å². The van der Waals surface area contributed by atoms with Crippen molar-refractivity contribution in [1.82, 2.24) is 9.91 Å². The Labute approximate surface area is 344 Å². The SMILES string of the molecule is CO[C@H]1/C=C\O[C@@]2(C)Oc3c(C)c(O)c4c(O)c(c(/C=N/N5CCN(C)CC5)c(O)c4c3C2=O)NC(=O)/C(C)=C\C=C/[C@H](C)[C@H](O)[C@@H](C)[C@@H](OC(C)=O)[C@@H](C)[C@H](O)[C@@H]1C. The normalized spacial score (nSPS) is 32.1. The fourth-order valence-electron chi connectivity index (χ4n) is 7.92. The number of ether oxygens (including phenoxy) is 4. The highest BCUT2D eigenvalue weighted by atomic mass is 16.7. The van der Waals surface area contributed by atoms with Crippen LogP contribution in [0.5, 0.6) is 23.0 Å². The Morgan fingerprint density at radius 3 is 2.22 bits per heavy atom. The summed E-state index contributed by atoms with van der Waals surface area (Å²) in [6, 6.07) is 0. The van der Waals surface area contributed by atoms with Crippen LogP contribution >= 0.6 is 0 Å². The molecule has 6 N–H and O–H groups in total. The maximum Gasteiger partial charge on any atom is 0.312 e. The van der Waals surface area contributed by atoms with E-state index in [4.69, 9.17) is 18.9 Å². The van der Waals surface area contributed by atoms with Gasteiger partial charge in [-0.1, -0.05) is 45.9 Å². The van der Waals surface area contributed by atoms with Gasteiger partial charge in [-0.2, -0.15) is 5.10 Å². The highest BCUT2D eigenvalue weighted by Crippen LogP contribution is 2.55. The molecule has 4 aliphatic rings. The molecule has 5 bridgehead atoms. The first-order valence-corrected chi connectivity index (χ1v) is 19.8. The first-order chi connectivity index (χ1) is 27.7. The third-order valence-electron chi connectivity index (χ3n) is 11.9. The van der Waals surface area contributed by atoms with Crippen molar-refractivity contribution in [2.75, 3.05) is 45.7 Å². The predicted molar refractivity (Wildman–Crippen MR) is 220 cm³/mol. The number of aliphatic hydroxyl groups excluding tert-OH is 2. The third-order valence-corrected chi connectivity index (χ3v) is 11.9. The molecule has 2 aromatic rings. The molecule has 0 aliphatic carbocycles. The topological polar surface area (TPSA) is 220 Å². The highest BCUT2D eigenvalue weighted by Gasteiger charge is 2.50. The number of rotatable bonds is 4. The molecule has 1 saturated heterocycles. The van der Waals surface area contributed by atoms with Crippen molar-refractivity contribution in [3.8, 4) is 23.0 Å². The Morgan fingerprint density at radius 2 is 1.59 bits per heavy atom. The van der Waals surface area contributed by atoms with Gasteiger partial charge in [-0.3, -0.25) is 19.4 Å². The Hall–Kier alpha value is -5.16. The number of nitrogens with one attached hydrogen (secondary N) is 1. The molecule has 16 heteroatoms. The van der Waals surface area contributed by atoms with E-state index < -0.39 is 88.8 Å². The minimum absolute atomic E-state index is 0.0584. The number of carbonyl (C=O) groups is 3. The number of anilines is 1. The van der Waals surface area contributed by atoms with Crippen LogP contribution in [0.3, 0.4) is 0 Å². The highest BCUT2D eigenvalue weighted by molar-refractivity contribution is 6.23. The van der Waals surface area contributed by atoms with Crippen LogP contribution in [0.4, 0.5) is 5.69 Å². The van der Waals surface area contributed by atoms with Gasteiger partial charge in [0.2, 0.25) is 0 Å². The number of hydrogen-bond donors (Lipinski definition) is 6. The van der Waals surface area contributed by atoms with Crippen LogP contribution in [0.25, 0.3) is 10.8 Å². The predicted octanol–water partition coefficient (Wildman–Crippen LogP) is 4.34. The van der Waals surface area contributed by atoms with E-state index in [1.54, 1.807) is 44.9 Å². The number of nitrogens with zero attached hydrogens (tertiary/aromatic N) is 3. The number of piperazine rings is 1. The molecule has 0 radical (unpaired) electrons. The number of methoxy groups -OCH3 is 1. The number of hydrogen-bond acceptors (Lipinski definition) is 15. The molecular weight excluding hydrogens is 764 g/mol. The average molecular weight is 823 g/mol. The summed E-state index contributed by atoms with van der Waals surface area (Å²) in [5.74, 6) is -8.33. The van der Waals surface area contributed by atoms with Gasteiger partial charge in [-0.25, -0.2) is 0 Å². The smallest absolute Gasteiger partial charge is 0.312 e. The van der Waals surface area contributed by atoms with Crippen LogP contribution in [0.15, 0.2) is 41.2 Å². The number of phenolic OH excluding ortho intramolecular Hbond substituents is 3. The van der Waals surface area contributed by atoms with Gasteiger partial charge < -0.3 is 54.7 Å². The number of esters is 1. The molecule has 1 amide bonds. The number of carbonyl (C=O) groups excluding carboxylic acids is 3. The monoisotopic (exact) mass is 822 g/mol. The van der Waals surface area contributed by atoms with Crippen LogP contribution in [-0.4, -0.2) is 130 Å². The number of aliphatic hydroxyl groups is 2. The summed E-state index contributed by atoms with van der Waals surface area (Å²) in [7, 11) is 3.42. The first-order valence-electron chi connectivity index (χ1n) is 19.8. The molecule has 1 fully saturated rings. The van der Waals surface area contributed by atoms with Gasteiger partial charge in [0.25, 0.3) is 11.7 Å². The second-order valence-corrected chi connectivity index (χ2v) is 16.1. The van der Waals surface area contributed by atoms with E-state index in [1.807, 2.05) is 7.05 Å². The lowest BCUT2D eigenvalue weighted by molar-refractivity contribution is -0.161. The zero-order valence-corrected chi connectivity index (χ0v) is 35.3. The molecule has 2 aromatic carbocycles. The van der Waals surface area contributed by atoms with Crippen molar-refractivity contribution in [1.29, 1.82) is 0 Å². The molecule has 9 atom stereocenters. The minimum Gasteiger partial charge on any atom is -0.507 e. The van der Waals surface area contributed by atoms with Gasteiger partial charge in [0, 0.05) is 87.3 Å². The summed E-state index contributed by atoms with van der Waals surface area (Å²) in [6.45, 7) is 15.1. The quantitative estimate of drug-likeness (QED) is 0.109. The number of likely N-dealkylation sites (N-methyl/N-ethyl adjacent to an activating group) is 1. The number of ketones is 1. The lowest BCUT2D eigenvalue weighted by Gasteiger charge is -2.38. The molecule has 0 aromatic heterocycles. The number of Topliss-reactive ketones (excluding diaryl/α,β-unsaturated/α-hetero) is 1. The molecule has 0 saturated carbocycles. The second kappa shape index (κ2) is 18.0. The van der Waals surface area contributed by atoms with Crippen LogP contribution in [0.1, 0.15) is 70.0 Å². The first kappa shape index (κ1) is 44.9. The van der Waals surface area contributed by atoms with E-state index in [2.05, 4.69) is 15.3 Å². The third kappa shape index (κ3) is 8.91. The molecule has 0 unspecified atom stereocenters. The Morgan fingerprint density at radius 1 is 0.949 bits per heavy atom. The van der Waals surface area contributed by atoms with Gasteiger partial charge in [-0.05, 0) is 27.0 Å². The summed E-state index contributed by atoms with van der Waals surface area (Å²) < 4.78 is 23.5. The van der Waals surface area contributed by atoms with Crippen molar-refractivity contribution in [3.63, 3.8) is 0 Å². The van der Waals surface area contributed by atoms with Crippen LogP contribution in [-0.2, 0) is 23.8 Å². The second-order valence-electron chi connectivity index (χ2n) is 16.1. The fourth-order valence-corrected chi connectivity index (χ4v) is 7.92. The largest absolute Gasteiger partial charge is 0.507 e. The molecule has 0 spiro atoms. The van der Waals surface area contributed by atoms with E-state index in [0.29, 0.717) is 13.1 Å². The van der Waals surface area contributed by atoms with Crippen LogP contribution < -0.4 is 10.1 Å². The molecule has 16 nitrogen and oxygen atoms in total. The molecule has 59 heavy (non-hydrogen) atoms. The molecular formula is C43H58N4O12. The Kier molecular flexibility index (Phi) is 13.7. The minimum atomic E-state index is -2.04. The number of aromatic hydroxyl groups is 3. The Balaban J connectivity index is 1.70. The summed E-state index contributed by atoms with van der Waals surface area (Å²) in [5.41, 5.74) is -0.350. The summed E-state index contributed by atoms with van der Waals surface area (Å²) >= 11 is 0. The Bertz CT molecular complexity index is 2070. The summed E-state index contributed by atoms with van der Waals surface area (Å²) in [5, 5.41) is 67.0. The van der Waals surface area contributed by atoms with Gasteiger partial charge in [0.1, 0.15) is 23.4 Å². The van der Waals surface area contributed by atoms with Crippen molar-refractivity contribution in [2.45, 2.75) is 85.6 Å². The van der Waals surface area contributed by atoms with Crippen LogP contribution in [0, 0.1) is 30.6 Å². The van der Waals surface area contributed by atoms with Gasteiger partial charge in [0.15, 0.2) is 5.75 Å². The zero-order valence-electron chi connectivity index (χ0n) is 35.3. The number of hydrazone groups is 1. The maximum absolute atomic E-state index is 14.4. The number of fused-ring (bicyclic) bond motifs is 14. The van der Waals surface area contributed by atoms with Crippen molar-refractivity contribution in [3.05, 3.63) is 52.8 Å². The van der Waals surface area contributed by atoms with E-state index in [-0.39, 0.29) is 44.5 Å². The maximum atomic E-state index is 14.4. The number of allylic oxidation sites excluding steroid dienone is 2. The summed E-state index contributed by atoms with van der Waals surface area (Å²) in [6.07, 6.45) is 4.85. The van der Waals surface area contributed by atoms with Gasteiger partial charge in [0.05, 0.1) is 53.0 Å². The average Bonchev–Trinajstić information content (AvgIpc) is 3.46. The van der Waals surface area contributed by atoms with E-state index in [9.17, 15) is 39.9 Å². The van der Waals surface area contributed by atoms with E-state index in [0.717, 1.165) is 13.1 Å². The number of benzene rings is 2. The van der Waals surface area contributed by atoms with Crippen LogP contribution in [0.2, 0.25) is 0 Å². The van der Waals surface area contributed by atoms with Crippen molar-refractivity contribution in [2.24, 2.45) is 28.8 Å². The van der Waals surface area contributed by atoms with Crippen molar-refractivity contribution < 1.29 is 58.9 Å². The molecule has 4 heterocycles. The van der Waals surface area contributed by atoms with Gasteiger partial charge in [-0.15, -0.1) is 0 Å². The number of phenols is 3.